The van der Waals surface area contributed by atoms with Crippen LogP contribution in [0.3, 0.4) is 0 Å². The predicted molar refractivity (Wildman–Crippen MR) is 70.1 cm³/mol. The molecule has 114 valence electrons. The SMILES string of the molecule is CC(N)CCC(=O)NC1CCCC(C(F)(F)F)C1.Cl. The van der Waals surface area contributed by atoms with Crippen molar-refractivity contribution >= 4 is 18.3 Å². The summed E-state index contributed by atoms with van der Waals surface area (Å²) < 4.78 is 37.7. The molecular weight excluding hydrogens is 281 g/mol. The van der Waals surface area contributed by atoms with Crippen LogP contribution in [0.4, 0.5) is 13.2 Å². The van der Waals surface area contributed by atoms with E-state index in [9.17, 15) is 18.0 Å². The van der Waals surface area contributed by atoms with Crippen LogP contribution in [0, 0.1) is 5.92 Å². The number of halogens is 4. The van der Waals surface area contributed by atoms with Gasteiger partial charge in [0.15, 0.2) is 0 Å². The Balaban J connectivity index is 0.00000324. The third-order valence-electron chi connectivity index (χ3n) is 3.33. The van der Waals surface area contributed by atoms with Crippen LogP contribution in [-0.2, 0) is 4.79 Å². The van der Waals surface area contributed by atoms with Crippen molar-refractivity contribution in [2.45, 2.75) is 63.7 Å². The number of nitrogens with two attached hydrogens (primary N) is 1. The Hall–Kier alpha value is -0.490. The van der Waals surface area contributed by atoms with E-state index in [1.54, 1.807) is 6.92 Å². The Morgan fingerprint density at radius 1 is 1.42 bits per heavy atom. The van der Waals surface area contributed by atoms with E-state index >= 15 is 0 Å². The fraction of sp³-hybridized carbons (Fsp3) is 0.917. The summed E-state index contributed by atoms with van der Waals surface area (Å²) in [7, 11) is 0. The van der Waals surface area contributed by atoms with Crippen molar-refractivity contribution in [3.05, 3.63) is 0 Å². The molecule has 0 saturated heterocycles. The van der Waals surface area contributed by atoms with Crippen molar-refractivity contribution < 1.29 is 18.0 Å². The lowest BCUT2D eigenvalue weighted by atomic mass is 9.85. The highest BCUT2D eigenvalue weighted by molar-refractivity contribution is 5.85. The molecule has 7 heteroatoms. The number of carbonyl (C=O) groups is 1. The average Bonchev–Trinajstić information content (AvgIpc) is 2.25. The van der Waals surface area contributed by atoms with E-state index < -0.39 is 12.1 Å². The Morgan fingerprint density at radius 3 is 2.58 bits per heavy atom. The molecule has 0 heterocycles. The molecule has 0 bridgehead atoms. The molecule has 3 N–H and O–H groups in total. The zero-order chi connectivity index (χ0) is 13.8. The number of amides is 1. The molecular formula is C12H22ClF3N2O. The summed E-state index contributed by atoms with van der Waals surface area (Å²) in [6.45, 7) is 1.80. The number of hydrogen-bond acceptors (Lipinski definition) is 2. The van der Waals surface area contributed by atoms with Gasteiger partial charge in [0.2, 0.25) is 5.91 Å². The van der Waals surface area contributed by atoms with Gasteiger partial charge in [0.1, 0.15) is 0 Å². The molecule has 0 radical (unpaired) electrons. The molecule has 0 aliphatic heterocycles. The van der Waals surface area contributed by atoms with Gasteiger partial charge in [-0.05, 0) is 32.6 Å². The minimum absolute atomic E-state index is 0. The maximum atomic E-state index is 12.6. The predicted octanol–water partition coefficient (Wildman–Crippen LogP) is 2.77. The topological polar surface area (TPSA) is 55.1 Å². The molecule has 3 atom stereocenters. The molecule has 3 unspecified atom stereocenters. The van der Waals surface area contributed by atoms with Gasteiger partial charge in [0.25, 0.3) is 0 Å². The second kappa shape index (κ2) is 7.94. The quantitative estimate of drug-likeness (QED) is 0.839. The highest BCUT2D eigenvalue weighted by Crippen LogP contribution is 2.37. The third-order valence-corrected chi connectivity index (χ3v) is 3.33. The summed E-state index contributed by atoms with van der Waals surface area (Å²) in [5.74, 6) is -1.47. The summed E-state index contributed by atoms with van der Waals surface area (Å²) in [6, 6.07) is -0.406. The first-order valence-electron chi connectivity index (χ1n) is 6.40. The van der Waals surface area contributed by atoms with E-state index in [-0.39, 0.29) is 49.7 Å². The van der Waals surface area contributed by atoms with Crippen molar-refractivity contribution in [3.8, 4) is 0 Å². The minimum atomic E-state index is -4.14. The van der Waals surface area contributed by atoms with Crippen LogP contribution in [0.2, 0.25) is 0 Å². The summed E-state index contributed by atoms with van der Waals surface area (Å²) in [6.07, 6.45) is -1.97. The molecule has 0 aromatic carbocycles. The van der Waals surface area contributed by atoms with Crippen LogP contribution in [-0.4, -0.2) is 24.2 Å². The van der Waals surface area contributed by atoms with Gasteiger partial charge in [0.05, 0.1) is 5.92 Å². The van der Waals surface area contributed by atoms with Crippen molar-refractivity contribution in [2.75, 3.05) is 0 Å². The normalized spacial score (nSPS) is 25.3. The Morgan fingerprint density at radius 2 is 2.05 bits per heavy atom. The summed E-state index contributed by atoms with van der Waals surface area (Å²) in [5, 5.41) is 2.68. The first-order valence-corrected chi connectivity index (χ1v) is 6.40. The highest BCUT2D eigenvalue weighted by atomic mass is 35.5. The standard InChI is InChI=1S/C12H21F3N2O.ClH/c1-8(16)5-6-11(18)17-10-4-2-3-9(7-10)12(13,14)15;/h8-10H,2-7,16H2,1H3,(H,17,18);1H. The number of rotatable bonds is 4. The Kier molecular flexibility index (Phi) is 7.74. The molecule has 1 aliphatic rings. The number of nitrogens with one attached hydrogen (secondary N) is 1. The van der Waals surface area contributed by atoms with Crippen LogP contribution in [0.25, 0.3) is 0 Å². The number of hydrogen-bond donors (Lipinski definition) is 2. The fourth-order valence-corrected chi connectivity index (χ4v) is 2.28. The summed E-state index contributed by atoms with van der Waals surface area (Å²) in [4.78, 5) is 11.5. The molecule has 0 spiro atoms. The molecule has 3 nitrogen and oxygen atoms in total. The first-order chi connectivity index (χ1) is 8.29. The number of alkyl halides is 3. The third kappa shape index (κ3) is 7.01. The summed E-state index contributed by atoms with van der Waals surface area (Å²) >= 11 is 0. The molecule has 1 fully saturated rings. The van der Waals surface area contributed by atoms with Gasteiger partial charge in [-0.25, -0.2) is 0 Å². The summed E-state index contributed by atoms with van der Waals surface area (Å²) in [5.41, 5.74) is 5.52. The van der Waals surface area contributed by atoms with Gasteiger partial charge in [0, 0.05) is 18.5 Å². The highest BCUT2D eigenvalue weighted by Gasteiger charge is 2.42. The molecule has 0 aromatic heterocycles. The van der Waals surface area contributed by atoms with Crippen LogP contribution >= 0.6 is 12.4 Å². The molecule has 1 amide bonds. The van der Waals surface area contributed by atoms with Crippen molar-refractivity contribution in [2.24, 2.45) is 11.7 Å². The number of carbonyl (C=O) groups excluding carboxylic acids is 1. The van der Waals surface area contributed by atoms with Crippen LogP contribution in [0.15, 0.2) is 0 Å². The van der Waals surface area contributed by atoms with E-state index in [2.05, 4.69) is 5.32 Å². The largest absolute Gasteiger partial charge is 0.391 e. The van der Waals surface area contributed by atoms with Gasteiger partial charge in [-0.2, -0.15) is 13.2 Å². The molecule has 0 aromatic rings. The van der Waals surface area contributed by atoms with Crippen LogP contribution < -0.4 is 11.1 Å². The van der Waals surface area contributed by atoms with Gasteiger partial charge >= 0.3 is 6.18 Å². The molecule has 1 saturated carbocycles. The van der Waals surface area contributed by atoms with Crippen molar-refractivity contribution in [1.29, 1.82) is 0 Å². The van der Waals surface area contributed by atoms with E-state index in [1.807, 2.05) is 0 Å². The smallest absolute Gasteiger partial charge is 0.353 e. The second-order valence-electron chi connectivity index (χ2n) is 5.19. The monoisotopic (exact) mass is 302 g/mol. The van der Waals surface area contributed by atoms with Gasteiger partial charge < -0.3 is 11.1 Å². The molecule has 19 heavy (non-hydrogen) atoms. The van der Waals surface area contributed by atoms with E-state index in [0.29, 0.717) is 19.3 Å². The van der Waals surface area contributed by atoms with Crippen LogP contribution in [0.5, 0.6) is 0 Å². The second-order valence-corrected chi connectivity index (χ2v) is 5.19. The lowest BCUT2D eigenvalue weighted by molar-refractivity contribution is -0.184. The van der Waals surface area contributed by atoms with Crippen molar-refractivity contribution in [1.82, 2.24) is 5.32 Å². The van der Waals surface area contributed by atoms with Crippen molar-refractivity contribution in [3.63, 3.8) is 0 Å². The molecule has 1 rings (SSSR count). The average molecular weight is 303 g/mol. The zero-order valence-corrected chi connectivity index (χ0v) is 11.8. The Labute approximate surface area is 117 Å². The van der Waals surface area contributed by atoms with Crippen LogP contribution in [0.1, 0.15) is 45.4 Å². The maximum absolute atomic E-state index is 12.6. The zero-order valence-electron chi connectivity index (χ0n) is 11.0. The lowest BCUT2D eigenvalue weighted by Crippen LogP contribution is -2.41. The minimum Gasteiger partial charge on any atom is -0.353 e. The first kappa shape index (κ1) is 18.5. The lowest BCUT2D eigenvalue weighted by Gasteiger charge is -2.31. The van der Waals surface area contributed by atoms with E-state index in [0.717, 1.165) is 0 Å². The fourth-order valence-electron chi connectivity index (χ4n) is 2.28. The van der Waals surface area contributed by atoms with Gasteiger partial charge in [-0.3, -0.25) is 4.79 Å². The maximum Gasteiger partial charge on any atom is 0.391 e. The molecule has 1 aliphatic carbocycles. The van der Waals surface area contributed by atoms with Gasteiger partial charge in [-0.15, -0.1) is 12.4 Å². The Bertz CT molecular complexity index is 285. The van der Waals surface area contributed by atoms with Gasteiger partial charge in [-0.1, -0.05) is 6.42 Å². The van der Waals surface area contributed by atoms with E-state index in [1.165, 1.54) is 0 Å². The van der Waals surface area contributed by atoms with E-state index in [4.69, 9.17) is 5.73 Å².